The van der Waals surface area contributed by atoms with E-state index in [9.17, 15) is 27.6 Å². The van der Waals surface area contributed by atoms with Crippen molar-refractivity contribution in [2.24, 2.45) is 17.6 Å². The zero-order chi connectivity index (χ0) is 59.5. The number of aryl methyl sites for hydroxylation is 2. The van der Waals surface area contributed by atoms with E-state index in [4.69, 9.17) is 15.5 Å². The number of methoxy groups -OCH3 is 1. The number of carbonyl (C=O) groups is 4. The molecule has 1 atom stereocenters. The van der Waals surface area contributed by atoms with Crippen molar-refractivity contribution in [3.8, 4) is 17.0 Å². The summed E-state index contributed by atoms with van der Waals surface area (Å²) in [5.74, 6) is 1.97. The van der Waals surface area contributed by atoms with Gasteiger partial charge in [0.15, 0.2) is 27.3 Å². The molecule has 6 aromatic rings. The third-order valence-electron chi connectivity index (χ3n) is 16.0. The highest BCUT2D eigenvalue weighted by atomic mass is 32.2. The maximum Gasteiger partial charge on any atom is 0.244 e. The molecule has 0 radical (unpaired) electrons. The molecule has 0 saturated carbocycles. The predicted octanol–water partition coefficient (Wildman–Crippen LogP) is 5.79. The Morgan fingerprint density at radius 2 is 1.38 bits per heavy atom. The molecule has 9 rings (SSSR count). The summed E-state index contributed by atoms with van der Waals surface area (Å²) in [5, 5.41) is 27.2. The smallest absolute Gasteiger partial charge is 0.244 e. The summed E-state index contributed by atoms with van der Waals surface area (Å²) in [6, 6.07) is 21.6. The van der Waals surface area contributed by atoms with E-state index < -0.39 is 22.0 Å². The van der Waals surface area contributed by atoms with E-state index in [1.165, 1.54) is 21.2 Å². The van der Waals surface area contributed by atoms with Crippen LogP contribution in [0.2, 0.25) is 0 Å². The molecule has 3 fully saturated rings. The van der Waals surface area contributed by atoms with Crippen LogP contribution in [0.4, 0.5) is 10.9 Å². The summed E-state index contributed by atoms with van der Waals surface area (Å²) in [4.78, 5) is 71.3. The molecule has 0 unspecified atom stereocenters. The van der Waals surface area contributed by atoms with Crippen molar-refractivity contribution < 1.29 is 32.3 Å². The molecule has 85 heavy (non-hydrogen) atoms. The standard InChI is InChI=1S/C60H81N15O7S3/c1-3-39-83-60-67-54(63-29-27-61)53-55(68-60)74(71-70-53)40-44-11-9-42(10-12-44)7-6-28-64-56(77)46-23-35-73(36-24-46)38-31-65-57(78)47-25-33-72(34-26-47)37-30-62-52(76)22-15-43-13-20-49(21-14-43)85(80,81)75-32-5-4-8-51(75)58(79)69-59-66-50(41-84-59)45-16-18-48(82-2)19-17-45/h9-14,16-21,41,46-47,51H,3-8,15,22-40,61H2,1-2H3,(H,62,76)(H,64,77)(H,65,78)(H,63,67,68)(H,66,69,79)/t51-/m1/s1. The Labute approximate surface area is 506 Å². The van der Waals surface area contributed by atoms with Crippen LogP contribution >= 0.6 is 23.1 Å². The number of nitrogens with zero attached hydrogens (tertiary/aromatic N) is 9. The van der Waals surface area contributed by atoms with Crippen LogP contribution in [0.15, 0.2) is 88.2 Å². The molecular weight excluding hydrogens is 1140 g/mol. The molecule has 3 aromatic heterocycles. The lowest BCUT2D eigenvalue weighted by Crippen LogP contribution is -2.49. The maximum absolute atomic E-state index is 13.9. The van der Waals surface area contributed by atoms with Gasteiger partial charge in [-0.1, -0.05) is 66.7 Å². The number of piperidine rings is 3. The summed E-state index contributed by atoms with van der Waals surface area (Å²) in [5.41, 5.74) is 11.7. The second kappa shape index (κ2) is 31.2. The van der Waals surface area contributed by atoms with E-state index >= 15 is 0 Å². The zero-order valence-electron chi connectivity index (χ0n) is 48.8. The average molecular weight is 1220 g/mol. The number of hydrogen-bond acceptors (Lipinski definition) is 18. The van der Waals surface area contributed by atoms with Gasteiger partial charge in [0, 0.05) is 87.3 Å². The third kappa shape index (κ3) is 17.5. The normalized spacial score (nSPS) is 16.7. The number of anilines is 2. The quantitative estimate of drug-likeness (QED) is 0.0184. The first-order valence-corrected chi connectivity index (χ1v) is 33.2. The van der Waals surface area contributed by atoms with Crippen LogP contribution in [0, 0.1) is 11.8 Å². The fourth-order valence-electron chi connectivity index (χ4n) is 11.0. The van der Waals surface area contributed by atoms with Crippen LogP contribution < -0.4 is 37.1 Å². The lowest BCUT2D eigenvalue weighted by atomic mass is 9.95. The third-order valence-corrected chi connectivity index (χ3v) is 19.7. The molecule has 25 heteroatoms. The number of fused-ring (bicyclic) bond motifs is 1. The van der Waals surface area contributed by atoms with Gasteiger partial charge in [0.2, 0.25) is 33.7 Å². The molecule has 0 spiro atoms. The molecular formula is C60H81N15O7S3. The van der Waals surface area contributed by atoms with Gasteiger partial charge in [-0.15, -0.1) is 16.4 Å². The summed E-state index contributed by atoms with van der Waals surface area (Å²) in [7, 11) is -2.38. The number of amides is 4. The molecule has 0 bridgehead atoms. The minimum atomic E-state index is -3.98. The first-order chi connectivity index (χ1) is 41.4. The fourth-order valence-corrected chi connectivity index (χ4v) is 14.1. The van der Waals surface area contributed by atoms with Gasteiger partial charge >= 0.3 is 0 Å². The van der Waals surface area contributed by atoms with Crippen LogP contribution in [-0.2, 0) is 48.6 Å². The second-order valence-electron chi connectivity index (χ2n) is 21.9. The zero-order valence-corrected chi connectivity index (χ0v) is 51.3. The lowest BCUT2D eigenvalue weighted by molar-refractivity contribution is -0.126. The molecule has 0 aliphatic carbocycles. The molecule has 7 N–H and O–H groups in total. The van der Waals surface area contributed by atoms with Crippen molar-refractivity contribution in [3.63, 3.8) is 0 Å². The van der Waals surface area contributed by atoms with Crippen LogP contribution in [-0.4, -0.2) is 174 Å². The van der Waals surface area contributed by atoms with Crippen molar-refractivity contribution in [2.45, 2.75) is 107 Å². The highest BCUT2D eigenvalue weighted by Gasteiger charge is 2.38. The number of hydrogen-bond donors (Lipinski definition) is 6. The fraction of sp³-hybridized carbons (Fsp3) is 0.517. The Morgan fingerprint density at radius 1 is 0.729 bits per heavy atom. The van der Waals surface area contributed by atoms with Crippen LogP contribution in [0.25, 0.3) is 22.4 Å². The Kier molecular flexibility index (Phi) is 23.1. The summed E-state index contributed by atoms with van der Waals surface area (Å²) in [6.45, 7) is 10.3. The van der Waals surface area contributed by atoms with Crippen molar-refractivity contribution in [1.29, 1.82) is 0 Å². The van der Waals surface area contributed by atoms with E-state index in [1.54, 1.807) is 43.1 Å². The van der Waals surface area contributed by atoms with Gasteiger partial charge in [-0.3, -0.25) is 19.2 Å². The molecule has 3 saturated heterocycles. The molecule has 4 amide bonds. The minimum Gasteiger partial charge on any atom is -0.497 e. The van der Waals surface area contributed by atoms with Gasteiger partial charge in [0.25, 0.3) is 0 Å². The minimum absolute atomic E-state index is 0.00283. The summed E-state index contributed by atoms with van der Waals surface area (Å²) >= 11 is 2.89. The number of nitrogens with two attached hydrogens (primary N) is 1. The largest absolute Gasteiger partial charge is 0.497 e. The van der Waals surface area contributed by atoms with Crippen LogP contribution in [0.1, 0.15) is 87.8 Å². The molecule has 456 valence electrons. The lowest BCUT2D eigenvalue weighted by Gasteiger charge is -2.33. The van der Waals surface area contributed by atoms with Gasteiger partial charge in [-0.2, -0.15) is 4.31 Å². The predicted molar refractivity (Wildman–Crippen MR) is 332 cm³/mol. The number of thioether (sulfide) groups is 1. The number of sulfonamides is 1. The van der Waals surface area contributed by atoms with E-state index in [-0.39, 0.29) is 47.4 Å². The number of aromatic nitrogens is 6. The SMILES string of the molecule is CCCSc1nc(NCCN)c2nnn(Cc3ccc(CCCNC(=O)C4CCN(CCNC(=O)C5CCN(CCNC(=O)CCc6ccc(S(=O)(=O)N7CCCC[C@@H]7C(=O)Nc7nc(-c8ccc(OC)cc8)cs7)cc6)CC5)CC4)cc3)c2n1. The van der Waals surface area contributed by atoms with E-state index in [0.717, 1.165) is 112 Å². The number of thiazole rings is 1. The number of carbonyl (C=O) groups excluding carboxylic acids is 4. The van der Waals surface area contributed by atoms with E-state index in [1.807, 2.05) is 34.3 Å². The molecule has 3 aromatic carbocycles. The number of benzene rings is 3. The molecule has 3 aliphatic rings. The van der Waals surface area contributed by atoms with Gasteiger partial charge in [0.1, 0.15) is 11.8 Å². The van der Waals surface area contributed by atoms with E-state index in [0.29, 0.717) is 98.0 Å². The number of rotatable bonds is 29. The number of likely N-dealkylation sites (tertiary alicyclic amines) is 2. The number of ether oxygens (including phenoxy) is 1. The first-order valence-electron chi connectivity index (χ1n) is 29.9. The van der Waals surface area contributed by atoms with Gasteiger partial charge in [-0.25, -0.2) is 28.1 Å². The van der Waals surface area contributed by atoms with Crippen molar-refractivity contribution >= 4 is 78.9 Å². The molecule has 3 aliphatic heterocycles. The van der Waals surface area contributed by atoms with Crippen molar-refractivity contribution in [3.05, 3.63) is 94.9 Å². The summed E-state index contributed by atoms with van der Waals surface area (Å²) in [6.07, 6.45) is 8.33. The van der Waals surface area contributed by atoms with Crippen LogP contribution in [0.5, 0.6) is 5.75 Å². The van der Waals surface area contributed by atoms with Crippen molar-refractivity contribution in [2.75, 3.05) is 102 Å². The molecule has 22 nitrogen and oxygen atoms in total. The van der Waals surface area contributed by atoms with Gasteiger partial charge < -0.3 is 46.9 Å². The summed E-state index contributed by atoms with van der Waals surface area (Å²) < 4.78 is 36.2. The van der Waals surface area contributed by atoms with E-state index in [2.05, 4.69) is 87.9 Å². The highest BCUT2D eigenvalue weighted by Crippen LogP contribution is 2.31. The van der Waals surface area contributed by atoms with Crippen LogP contribution in [0.3, 0.4) is 0 Å². The Bertz CT molecular complexity index is 3260. The highest BCUT2D eigenvalue weighted by molar-refractivity contribution is 7.99. The molecule has 6 heterocycles. The number of nitrogens with one attached hydrogen (secondary N) is 5. The first kappa shape index (κ1) is 62.9. The van der Waals surface area contributed by atoms with Gasteiger partial charge in [-0.05, 0) is 143 Å². The maximum atomic E-state index is 13.9. The Balaban J connectivity index is 0.600. The Morgan fingerprint density at radius 3 is 2.05 bits per heavy atom. The topological polar surface area (TPSA) is 277 Å². The monoisotopic (exact) mass is 1220 g/mol. The van der Waals surface area contributed by atoms with Gasteiger partial charge in [0.05, 0.1) is 24.2 Å². The van der Waals surface area contributed by atoms with Crippen molar-refractivity contribution in [1.82, 2.24) is 60.0 Å². The Hall–Kier alpha value is -6.61. The second-order valence-corrected chi connectivity index (χ2v) is 25.8. The average Bonchev–Trinajstić information content (AvgIpc) is 4.17.